The SMILES string of the molecule is Cc1cccc(-n2c(N)nc3cc(F)c(Br)cc32)c1. The van der Waals surface area contributed by atoms with Gasteiger partial charge in [-0.1, -0.05) is 12.1 Å². The first-order valence-corrected chi connectivity index (χ1v) is 6.55. The molecule has 5 heteroatoms. The Bertz CT molecular complexity index is 780. The van der Waals surface area contributed by atoms with Crippen molar-refractivity contribution in [3.8, 4) is 5.69 Å². The van der Waals surface area contributed by atoms with Crippen molar-refractivity contribution in [2.75, 3.05) is 5.73 Å². The smallest absolute Gasteiger partial charge is 0.205 e. The van der Waals surface area contributed by atoms with Gasteiger partial charge in [0.15, 0.2) is 0 Å². The molecule has 0 saturated carbocycles. The zero-order valence-corrected chi connectivity index (χ0v) is 11.8. The van der Waals surface area contributed by atoms with Gasteiger partial charge in [-0.3, -0.25) is 4.57 Å². The highest BCUT2D eigenvalue weighted by Crippen LogP contribution is 2.28. The van der Waals surface area contributed by atoms with E-state index in [2.05, 4.69) is 20.9 Å². The lowest BCUT2D eigenvalue weighted by Crippen LogP contribution is -2.00. The molecule has 0 aliphatic heterocycles. The fraction of sp³-hybridized carbons (Fsp3) is 0.0714. The van der Waals surface area contributed by atoms with Crippen molar-refractivity contribution in [3.63, 3.8) is 0 Å². The van der Waals surface area contributed by atoms with Crippen molar-refractivity contribution >= 4 is 32.9 Å². The summed E-state index contributed by atoms with van der Waals surface area (Å²) >= 11 is 3.19. The number of hydrogen-bond donors (Lipinski definition) is 1. The van der Waals surface area contributed by atoms with E-state index in [-0.39, 0.29) is 5.82 Å². The Morgan fingerprint density at radius 1 is 1.26 bits per heavy atom. The summed E-state index contributed by atoms with van der Waals surface area (Å²) in [6, 6.07) is 11.0. The minimum atomic E-state index is -0.346. The van der Waals surface area contributed by atoms with Gasteiger partial charge >= 0.3 is 0 Å². The Morgan fingerprint density at radius 2 is 2.05 bits per heavy atom. The minimum Gasteiger partial charge on any atom is -0.369 e. The van der Waals surface area contributed by atoms with Gasteiger partial charge in [0.2, 0.25) is 5.95 Å². The molecule has 0 unspecified atom stereocenters. The number of aromatic nitrogens is 2. The highest BCUT2D eigenvalue weighted by molar-refractivity contribution is 9.10. The monoisotopic (exact) mass is 319 g/mol. The largest absolute Gasteiger partial charge is 0.369 e. The first kappa shape index (κ1) is 12.2. The maximum absolute atomic E-state index is 13.5. The first-order chi connectivity index (χ1) is 9.06. The van der Waals surface area contributed by atoms with Crippen LogP contribution in [0.5, 0.6) is 0 Å². The number of nitrogens with two attached hydrogens (primary N) is 1. The first-order valence-electron chi connectivity index (χ1n) is 5.76. The Hall–Kier alpha value is -1.88. The summed E-state index contributed by atoms with van der Waals surface area (Å²) in [7, 11) is 0. The number of rotatable bonds is 1. The van der Waals surface area contributed by atoms with E-state index < -0.39 is 0 Å². The Labute approximate surface area is 118 Å². The normalized spacial score (nSPS) is 11.1. The van der Waals surface area contributed by atoms with Gasteiger partial charge in [0.1, 0.15) is 5.82 Å². The van der Waals surface area contributed by atoms with E-state index in [1.807, 2.05) is 35.8 Å². The molecule has 1 aromatic heterocycles. The summed E-state index contributed by atoms with van der Waals surface area (Å²) in [5.41, 5.74) is 9.31. The maximum atomic E-state index is 13.5. The van der Waals surface area contributed by atoms with E-state index in [0.29, 0.717) is 15.9 Å². The van der Waals surface area contributed by atoms with E-state index in [1.54, 1.807) is 6.07 Å². The van der Waals surface area contributed by atoms with Gasteiger partial charge in [-0.15, -0.1) is 0 Å². The maximum Gasteiger partial charge on any atom is 0.205 e. The summed E-state index contributed by atoms with van der Waals surface area (Å²) in [6.07, 6.45) is 0. The molecule has 0 atom stereocenters. The van der Waals surface area contributed by atoms with E-state index in [9.17, 15) is 4.39 Å². The topological polar surface area (TPSA) is 43.8 Å². The van der Waals surface area contributed by atoms with Crippen LogP contribution in [0.15, 0.2) is 40.9 Å². The number of halogens is 2. The van der Waals surface area contributed by atoms with Crippen molar-refractivity contribution in [2.45, 2.75) is 6.92 Å². The van der Waals surface area contributed by atoms with Crippen LogP contribution in [0.25, 0.3) is 16.7 Å². The number of hydrogen-bond acceptors (Lipinski definition) is 2. The zero-order valence-electron chi connectivity index (χ0n) is 10.2. The van der Waals surface area contributed by atoms with Crippen LogP contribution in [0, 0.1) is 12.7 Å². The number of anilines is 1. The number of aryl methyl sites for hydroxylation is 1. The highest BCUT2D eigenvalue weighted by atomic mass is 79.9. The lowest BCUT2D eigenvalue weighted by atomic mass is 10.2. The molecular formula is C14H11BrFN3. The van der Waals surface area contributed by atoms with Gasteiger partial charge in [0.25, 0.3) is 0 Å². The minimum absolute atomic E-state index is 0.345. The third-order valence-corrected chi connectivity index (χ3v) is 3.59. The summed E-state index contributed by atoms with van der Waals surface area (Å²) in [6.45, 7) is 2.01. The third kappa shape index (κ3) is 2.00. The lowest BCUT2D eigenvalue weighted by molar-refractivity contribution is 0.623. The van der Waals surface area contributed by atoms with Crippen molar-refractivity contribution in [3.05, 3.63) is 52.3 Å². The second-order valence-corrected chi connectivity index (χ2v) is 5.25. The standard InChI is InChI=1S/C14H11BrFN3/c1-8-3-2-4-9(5-8)19-13-6-10(15)11(16)7-12(13)18-14(19)17/h2-7H,1H3,(H2,17,18). The van der Waals surface area contributed by atoms with Crippen molar-refractivity contribution in [1.29, 1.82) is 0 Å². The van der Waals surface area contributed by atoms with Crippen molar-refractivity contribution < 1.29 is 4.39 Å². The fourth-order valence-electron chi connectivity index (χ4n) is 2.13. The molecule has 2 aromatic carbocycles. The van der Waals surface area contributed by atoms with E-state index >= 15 is 0 Å². The zero-order chi connectivity index (χ0) is 13.6. The van der Waals surface area contributed by atoms with Crippen LogP contribution in [0.4, 0.5) is 10.3 Å². The molecule has 0 amide bonds. The predicted molar refractivity (Wildman–Crippen MR) is 77.9 cm³/mol. The van der Waals surface area contributed by atoms with E-state index in [1.165, 1.54) is 6.07 Å². The van der Waals surface area contributed by atoms with Crippen molar-refractivity contribution in [2.24, 2.45) is 0 Å². The van der Waals surface area contributed by atoms with Crippen molar-refractivity contribution in [1.82, 2.24) is 9.55 Å². The fourth-order valence-corrected chi connectivity index (χ4v) is 2.46. The second kappa shape index (κ2) is 4.35. The van der Waals surface area contributed by atoms with Gasteiger partial charge in [0, 0.05) is 11.8 Å². The van der Waals surface area contributed by atoms with Crippen LogP contribution in [-0.4, -0.2) is 9.55 Å². The van der Waals surface area contributed by atoms with Crippen LogP contribution in [0.2, 0.25) is 0 Å². The van der Waals surface area contributed by atoms with E-state index in [0.717, 1.165) is 16.8 Å². The average Bonchev–Trinajstić information content (AvgIpc) is 2.65. The van der Waals surface area contributed by atoms with Gasteiger partial charge < -0.3 is 5.73 Å². The third-order valence-electron chi connectivity index (χ3n) is 2.98. The molecule has 0 radical (unpaired) electrons. The number of imidazole rings is 1. The molecule has 2 N–H and O–H groups in total. The van der Waals surface area contributed by atoms with Gasteiger partial charge in [-0.2, -0.15) is 0 Å². The number of nitrogen functional groups attached to an aromatic ring is 1. The van der Waals surface area contributed by atoms with Crippen LogP contribution in [-0.2, 0) is 0 Å². The molecular weight excluding hydrogens is 309 g/mol. The molecule has 0 saturated heterocycles. The number of nitrogens with zero attached hydrogens (tertiary/aromatic N) is 2. The summed E-state index contributed by atoms with van der Waals surface area (Å²) in [5, 5.41) is 0. The molecule has 96 valence electrons. The molecule has 0 aliphatic rings. The second-order valence-electron chi connectivity index (χ2n) is 4.40. The molecule has 3 rings (SSSR count). The van der Waals surface area contributed by atoms with Gasteiger partial charge in [0.05, 0.1) is 15.5 Å². The molecule has 0 aliphatic carbocycles. The van der Waals surface area contributed by atoms with Crippen LogP contribution in [0.1, 0.15) is 5.56 Å². The highest BCUT2D eigenvalue weighted by Gasteiger charge is 2.12. The molecule has 3 aromatic rings. The Kier molecular flexibility index (Phi) is 2.78. The molecule has 0 fully saturated rings. The predicted octanol–water partition coefficient (Wildman–Crippen LogP) is 3.82. The summed E-state index contributed by atoms with van der Waals surface area (Å²) in [5.74, 6) is -0.000470. The molecule has 1 heterocycles. The lowest BCUT2D eigenvalue weighted by Gasteiger charge is -2.07. The van der Waals surface area contributed by atoms with E-state index in [4.69, 9.17) is 5.73 Å². The van der Waals surface area contributed by atoms with Crippen LogP contribution >= 0.6 is 15.9 Å². The number of benzene rings is 2. The van der Waals surface area contributed by atoms with Crippen LogP contribution < -0.4 is 5.73 Å². The van der Waals surface area contributed by atoms with Crippen LogP contribution in [0.3, 0.4) is 0 Å². The summed E-state index contributed by atoms with van der Waals surface area (Å²) in [4.78, 5) is 4.20. The molecule has 3 nitrogen and oxygen atoms in total. The molecule has 0 bridgehead atoms. The number of fused-ring (bicyclic) bond motifs is 1. The quantitative estimate of drug-likeness (QED) is 0.741. The molecule has 19 heavy (non-hydrogen) atoms. The molecule has 0 spiro atoms. The van der Waals surface area contributed by atoms with Gasteiger partial charge in [-0.05, 0) is 46.6 Å². The average molecular weight is 320 g/mol. The van der Waals surface area contributed by atoms with Gasteiger partial charge in [-0.25, -0.2) is 9.37 Å². The Balaban J connectivity index is 2.34. The summed E-state index contributed by atoms with van der Waals surface area (Å²) < 4.78 is 15.7. The Morgan fingerprint density at radius 3 is 2.79 bits per heavy atom.